The fraction of sp³-hybridized carbons (Fsp3) is 0.778. The van der Waals surface area contributed by atoms with E-state index in [4.69, 9.17) is 5.73 Å². The molecule has 1 aliphatic heterocycles. The van der Waals surface area contributed by atoms with Crippen LogP contribution in [-0.2, 0) is 0 Å². The van der Waals surface area contributed by atoms with Gasteiger partial charge in [-0.3, -0.25) is 0 Å². The molecule has 78 valence electrons. The first-order valence-electron chi connectivity index (χ1n) is 5.19. The monoisotopic (exact) mass is 195 g/mol. The van der Waals surface area contributed by atoms with Crippen LogP contribution in [0.4, 0.5) is 0 Å². The summed E-state index contributed by atoms with van der Waals surface area (Å²) in [5.41, 5.74) is 6.78. The molecule has 2 atom stereocenters. The molecule has 1 saturated heterocycles. The smallest absolute Gasteiger partial charge is 0.0994 e. The Labute approximate surface area is 83.7 Å². The van der Waals surface area contributed by atoms with E-state index in [9.17, 15) is 0 Å². The molecule has 2 rings (SSSR count). The molecule has 5 nitrogen and oxygen atoms in total. The lowest BCUT2D eigenvalue weighted by Crippen LogP contribution is -2.14. The maximum Gasteiger partial charge on any atom is 0.0994 e. The molecule has 0 bridgehead atoms. The van der Waals surface area contributed by atoms with Gasteiger partial charge in [-0.1, -0.05) is 12.1 Å². The maximum atomic E-state index is 5.87. The van der Waals surface area contributed by atoms with Crippen molar-refractivity contribution in [3.63, 3.8) is 0 Å². The Balaban J connectivity index is 2.08. The second-order valence-corrected chi connectivity index (χ2v) is 3.78. The first-order valence-corrected chi connectivity index (χ1v) is 5.19. The average Bonchev–Trinajstić information content (AvgIpc) is 2.86. The van der Waals surface area contributed by atoms with Crippen molar-refractivity contribution >= 4 is 0 Å². The minimum atomic E-state index is 0.0260. The molecule has 0 aliphatic carbocycles. The van der Waals surface area contributed by atoms with Crippen LogP contribution in [0.15, 0.2) is 6.20 Å². The van der Waals surface area contributed by atoms with Gasteiger partial charge in [0.25, 0.3) is 0 Å². The van der Waals surface area contributed by atoms with Crippen molar-refractivity contribution < 1.29 is 0 Å². The Kier molecular flexibility index (Phi) is 2.79. The van der Waals surface area contributed by atoms with Crippen molar-refractivity contribution in [3.05, 3.63) is 11.9 Å². The van der Waals surface area contributed by atoms with E-state index in [1.165, 1.54) is 0 Å². The highest BCUT2D eigenvalue weighted by atomic mass is 15.4. The fourth-order valence-corrected chi connectivity index (χ4v) is 1.71. The van der Waals surface area contributed by atoms with Gasteiger partial charge in [0.2, 0.25) is 0 Å². The number of nitrogens with one attached hydrogen (secondary N) is 1. The van der Waals surface area contributed by atoms with Crippen molar-refractivity contribution in [2.75, 3.05) is 13.1 Å². The van der Waals surface area contributed by atoms with Crippen LogP contribution < -0.4 is 11.1 Å². The second kappa shape index (κ2) is 4.06. The molecule has 1 aromatic heterocycles. The number of aromatic nitrogens is 3. The molecule has 0 radical (unpaired) electrons. The summed E-state index contributed by atoms with van der Waals surface area (Å²) in [6, 6.07) is 0.485. The van der Waals surface area contributed by atoms with Crippen LogP contribution in [0, 0.1) is 0 Å². The van der Waals surface area contributed by atoms with Crippen LogP contribution in [0.25, 0.3) is 0 Å². The molecule has 0 aromatic carbocycles. The lowest BCUT2D eigenvalue weighted by molar-refractivity contribution is 0.476. The van der Waals surface area contributed by atoms with Crippen LogP contribution in [0.1, 0.15) is 37.5 Å². The van der Waals surface area contributed by atoms with E-state index in [0.717, 1.165) is 31.6 Å². The predicted molar refractivity (Wildman–Crippen MR) is 53.8 cm³/mol. The summed E-state index contributed by atoms with van der Waals surface area (Å²) in [5.74, 6) is 0. The Morgan fingerprint density at radius 2 is 2.64 bits per heavy atom. The molecule has 3 N–H and O–H groups in total. The molecule has 5 heteroatoms. The highest BCUT2D eigenvalue weighted by Gasteiger charge is 2.18. The van der Waals surface area contributed by atoms with Crippen molar-refractivity contribution in [1.82, 2.24) is 20.3 Å². The van der Waals surface area contributed by atoms with E-state index in [1.54, 1.807) is 0 Å². The molecule has 1 aromatic rings. The summed E-state index contributed by atoms with van der Waals surface area (Å²) in [4.78, 5) is 0. The lowest BCUT2D eigenvalue weighted by atomic mass is 10.2. The van der Waals surface area contributed by atoms with Gasteiger partial charge in [0.05, 0.1) is 24.0 Å². The SMILES string of the molecule is CC[C@H](N)c1cn([C@H]2CCNC2)nn1. The number of hydrogen-bond donors (Lipinski definition) is 2. The molecule has 1 fully saturated rings. The zero-order valence-electron chi connectivity index (χ0n) is 8.48. The fourth-order valence-electron chi connectivity index (χ4n) is 1.71. The third-order valence-electron chi connectivity index (χ3n) is 2.76. The summed E-state index contributed by atoms with van der Waals surface area (Å²) in [7, 11) is 0. The molecular formula is C9H17N5. The van der Waals surface area contributed by atoms with E-state index in [1.807, 2.05) is 10.9 Å². The largest absolute Gasteiger partial charge is 0.323 e. The zero-order chi connectivity index (χ0) is 9.97. The third-order valence-corrected chi connectivity index (χ3v) is 2.76. The third kappa shape index (κ3) is 1.78. The van der Waals surface area contributed by atoms with Gasteiger partial charge in [0, 0.05) is 6.54 Å². The number of hydrogen-bond acceptors (Lipinski definition) is 4. The zero-order valence-corrected chi connectivity index (χ0v) is 8.48. The number of nitrogens with two attached hydrogens (primary N) is 1. The average molecular weight is 195 g/mol. The van der Waals surface area contributed by atoms with Gasteiger partial charge >= 0.3 is 0 Å². The van der Waals surface area contributed by atoms with Crippen LogP contribution in [-0.4, -0.2) is 28.1 Å². The standard InChI is InChI=1S/C9H17N5/c1-2-8(10)9-6-14(13-12-9)7-3-4-11-5-7/h6-8,11H,2-5,10H2,1H3/t7-,8-/m0/s1. The predicted octanol–water partition coefficient (Wildman–Crippen LogP) is 0.222. The van der Waals surface area contributed by atoms with E-state index in [0.29, 0.717) is 6.04 Å². The van der Waals surface area contributed by atoms with Gasteiger partial charge < -0.3 is 11.1 Å². The molecule has 1 aliphatic rings. The number of rotatable bonds is 3. The summed E-state index contributed by atoms with van der Waals surface area (Å²) in [6.07, 6.45) is 4.01. The van der Waals surface area contributed by atoms with E-state index in [-0.39, 0.29) is 6.04 Å². The number of nitrogens with zero attached hydrogens (tertiary/aromatic N) is 3. The summed E-state index contributed by atoms with van der Waals surface area (Å²) in [5, 5.41) is 11.5. The van der Waals surface area contributed by atoms with Crippen LogP contribution in [0.3, 0.4) is 0 Å². The van der Waals surface area contributed by atoms with Crippen LogP contribution >= 0.6 is 0 Å². The lowest BCUT2D eigenvalue weighted by Gasteiger charge is -2.06. The van der Waals surface area contributed by atoms with Crippen LogP contribution in [0.2, 0.25) is 0 Å². The minimum Gasteiger partial charge on any atom is -0.323 e. The Bertz CT molecular complexity index is 289. The Morgan fingerprint density at radius 1 is 1.79 bits per heavy atom. The van der Waals surface area contributed by atoms with E-state index >= 15 is 0 Å². The molecule has 0 amide bonds. The first kappa shape index (κ1) is 9.61. The van der Waals surface area contributed by atoms with Gasteiger partial charge in [-0.2, -0.15) is 0 Å². The second-order valence-electron chi connectivity index (χ2n) is 3.78. The topological polar surface area (TPSA) is 68.8 Å². The summed E-state index contributed by atoms with van der Waals surface area (Å²) in [6.45, 7) is 4.12. The highest BCUT2D eigenvalue weighted by Crippen LogP contribution is 2.16. The quantitative estimate of drug-likeness (QED) is 0.724. The van der Waals surface area contributed by atoms with Gasteiger partial charge in [-0.25, -0.2) is 4.68 Å². The Hall–Kier alpha value is -0.940. The molecule has 2 heterocycles. The summed E-state index contributed by atoms with van der Waals surface area (Å²) >= 11 is 0. The molecule has 0 saturated carbocycles. The minimum absolute atomic E-state index is 0.0260. The summed E-state index contributed by atoms with van der Waals surface area (Å²) < 4.78 is 1.94. The molecular weight excluding hydrogens is 178 g/mol. The van der Waals surface area contributed by atoms with Crippen LogP contribution in [0.5, 0.6) is 0 Å². The first-order chi connectivity index (χ1) is 6.81. The van der Waals surface area contributed by atoms with Gasteiger partial charge in [0.15, 0.2) is 0 Å². The van der Waals surface area contributed by atoms with E-state index < -0.39 is 0 Å². The van der Waals surface area contributed by atoms with Gasteiger partial charge in [-0.15, -0.1) is 5.10 Å². The van der Waals surface area contributed by atoms with E-state index in [2.05, 4.69) is 22.6 Å². The molecule has 0 unspecified atom stereocenters. The van der Waals surface area contributed by atoms with Crippen molar-refractivity contribution in [3.8, 4) is 0 Å². The van der Waals surface area contributed by atoms with Crippen molar-refractivity contribution in [2.45, 2.75) is 31.8 Å². The molecule has 14 heavy (non-hydrogen) atoms. The van der Waals surface area contributed by atoms with Crippen molar-refractivity contribution in [2.24, 2.45) is 5.73 Å². The van der Waals surface area contributed by atoms with Gasteiger partial charge in [0.1, 0.15) is 0 Å². The highest BCUT2D eigenvalue weighted by molar-refractivity contribution is 5.00. The Morgan fingerprint density at radius 3 is 3.29 bits per heavy atom. The maximum absolute atomic E-state index is 5.87. The normalized spacial score (nSPS) is 24.0. The molecule has 0 spiro atoms. The van der Waals surface area contributed by atoms with Gasteiger partial charge in [-0.05, 0) is 19.4 Å². The van der Waals surface area contributed by atoms with Crippen molar-refractivity contribution in [1.29, 1.82) is 0 Å².